The highest BCUT2D eigenvalue weighted by Gasteiger charge is 2.25. The Labute approximate surface area is 180 Å². The number of thiazole rings is 1. The minimum Gasteiger partial charge on any atom is -0.241 e. The maximum Gasteiger partial charge on any atom is 0.269 e. The molecule has 4 aromatic rings. The highest BCUT2D eigenvalue weighted by atomic mass is 32.2. The molecule has 154 valence electrons. The van der Waals surface area contributed by atoms with E-state index in [1.54, 1.807) is 41.8 Å². The summed E-state index contributed by atoms with van der Waals surface area (Å²) in [6.07, 6.45) is 9.66. The first-order valence-corrected chi connectivity index (χ1v) is 12.6. The van der Waals surface area contributed by atoms with Gasteiger partial charge in [0.25, 0.3) is 10.0 Å². The Hall–Kier alpha value is -2.51. The van der Waals surface area contributed by atoms with Crippen LogP contribution < -0.4 is 0 Å². The number of rotatable bonds is 4. The Kier molecular flexibility index (Phi) is 4.95. The summed E-state index contributed by atoms with van der Waals surface area (Å²) >= 11 is 1.56. The zero-order chi connectivity index (χ0) is 20.7. The van der Waals surface area contributed by atoms with Gasteiger partial charge in [-0.2, -0.15) is 0 Å². The predicted octanol–water partition coefficient (Wildman–Crippen LogP) is 5.75. The molecule has 0 radical (unpaired) electrons. The fourth-order valence-corrected chi connectivity index (χ4v) is 6.29. The van der Waals surface area contributed by atoms with E-state index in [1.165, 1.54) is 41.6 Å². The standard InChI is InChI=1S/C23H23N3O2S2/c1-16-25-22(15-29-16)21-14-26(30(27,28)19-10-6-3-7-11-19)23-20(21)12-18(13-24-23)17-8-4-2-5-9-17/h3,6-7,10-15,17H,2,4-5,8-9H2,1H3. The molecule has 0 amide bonds. The van der Waals surface area contributed by atoms with Crippen molar-refractivity contribution in [3.8, 4) is 11.3 Å². The maximum absolute atomic E-state index is 13.4. The number of hydrogen-bond donors (Lipinski definition) is 0. The van der Waals surface area contributed by atoms with Crippen LogP contribution in [-0.4, -0.2) is 22.4 Å². The van der Waals surface area contributed by atoms with Crippen LogP contribution >= 0.6 is 11.3 Å². The second-order valence-corrected chi connectivity index (χ2v) is 10.8. The fraction of sp³-hybridized carbons (Fsp3) is 0.304. The first kappa shape index (κ1) is 19.5. The van der Waals surface area contributed by atoms with Crippen molar-refractivity contribution in [3.05, 3.63) is 64.7 Å². The zero-order valence-corrected chi connectivity index (χ0v) is 18.4. The van der Waals surface area contributed by atoms with Crippen molar-refractivity contribution < 1.29 is 8.42 Å². The minimum atomic E-state index is -3.75. The van der Waals surface area contributed by atoms with E-state index in [0.717, 1.165) is 21.7 Å². The summed E-state index contributed by atoms with van der Waals surface area (Å²) in [7, 11) is -3.75. The molecule has 1 saturated carbocycles. The molecule has 0 spiro atoms. The van der Waals surface area contributed by atoms with Crippen LogP contribution in [0.3, 0.4) is 0 Å². The van der Waals surface area contributed by atoms with E-state index >= 15 is 0 Å². The average Bonchev–Trinajstić information content (AvgIpc) is 3.38. The molecule has 5 rings (SSSR count). The van der Waals surface area contributed by atoms with Crippen LogP contribution in [0, 0.1) is 6.92 Å². The van der Waals surface area contributed by atoms with Gasteiger partial charge in [0, 0.05) is 28.7 Å². The van der Waals surface area contributed by atoms with Crippen molar-refractivity contribution in [2.75, 3.05) is 0 Å². The molecule has 1 aliphatic carbocycles. The number of aryl methyl sites for hydroxylation is 1. The molecule has 1 aromatic carbocycles. The Balaban J connectivity index is 1.72. The van der Waals surface area contributed by atoms with Crippen LogP contribution in [0.25, 0.3) is 22.3 Å². The largest absolute Gasteiger partial charge is 0.269 e. The molecule has 5 nitrogen and oxygen atoms in total. The van der Waals surface area contributed by atoms with Gasteiger partial charge < -0.3 is 0 Å². The quantitative estimate of drug-likeness (QED) is 0.408. The number of fused-ring (bicyclic) bond motifs is 1. The highest BCUT2D eigenvalue weighted by molar-refractivity contribution is 7.90. The lowest BCUT2D eigenvalue weighted by atomic mass is 9.84. The second-order valence-electron chi connectivity index (χ2n) is 7.88. The SMILES string of the molecule is Cc1nc(-c2cn(S(=O)(=O)c3ccccc3)c3ncc(C4CCCCC4)cc23)cs1. The number of nitrogens with zero attached hydrogens (tertiary/aromatic N) is 3. The molecular formula is C23H23N3O2S2. The summed E-state index contributed by atoms with van der Waals surface area (Å²) in [5.74, 6) is 0.495. The van der Waals surface area contributed by atoms with Crippen molar-refractivity contribution in [2.45, 2.75) is 49.8 Å². The number of aromatic nitrogens is 3. The van der Waals surface area contributed by atoms with Gasteiger partial charge in [-0.1, -0.05) is 37.5 Å². The van der Waals surface area contributed by atoms with Crippen LogP contribution in [-0.2, 0) is 10.0 Å². The van der Waals surface area contributed by atoms with E-state index in [9.17, 15) is 8.42 Å². The van der Waals surface area contributed by atoms with Gasteiger partial charge in [0.1, 0.15) is 0 Å². The Bertz CT molecular complexity index is 1300. The summed E-state index contributed by atoms with van der Waals surface area (Å²) in [5.41, 5.74) is 3.27. The first-order valence-electron chi connectivity index (χ1n) is 10.3. The van der Waals surface area contributed by atoms with Crippen LogP contribution in [0.5, 0.6) is 0 Å². The normalized spacial score (nSPS) is 15.6. The van der Waals surface area contributed by atoms with Crippen molar-refractivity contribution in [2.24, 2.45) is 0 Å². The van der Waals surface area contributed by atoms with Gasteiger partial charge in [-0.15, -0.1) is 11.3 Å². The van der Waals surface area contributed by atoms with Gasteiger partial charge in [-0.3, -0.25) is 0 Å². The first-order chi connectivity index (χ1) is 14.5. The number of hydrogen-bond acceptors (Lipinski definition) is 5. The van der Waals surface area contributed by atoms with Crippen LogP contribution in [0.1, 0.15) is 48.6 Å². The number of pyridine rings is 1. The monoisotopic (exact) mass is 437 g/mol. The van der Waals surface area contributed by atoms with Crippen molar-refractivity contribution in [1.82, 2.24) is 13.9 Å². The van der Waals surface area contributed by atoms with Gasteiger partial charge >= 0.3 is 0 Å². The van der Waals surface area contributed by atoms with Gasteiger partial charge in [0.15, 0.2) is 5.65 Å². The lowest BCUT2D eigenvalue weighted by molar-refractivity contribution is 0.443. The molecule has 0 aliphatic heterocycles. The van der Waals surface area contributed by atoms with Gasteiger partial charge in [0.05, 0.1) is 15.6 Å². The molecule has 7 heteroatoms. The van der Waals surface area contributed by atoms with E-state index in [0.29, 0.717) is 11.6 Å². The molecule has 1 fully saturated rings. The summed E-state index contributed by atoms with van der Waals surface area (Å²) in [4.78, 5) is 9.54. The Morgan fingerprint density at radius 3 is 2.57 bits per heavy atom. The molecular weight excluding hydrogens is 414 g/mol. The molecule has 1 aliphatic rings. The van der Waals surface area contributed by atoms with Crippen LogP contribution in [0.15, 0.2) is 59.1 Å². The summed E-state index contributed by atoms with van der Waals surface area (Å²) < 4.78 is 28.1. The fourth-order valence-electron chi connectivity index (χ4n) is 4.34. The minimum absolute atomic E-state index is 0.251. The molecule has 3 heterocycles. The van der Waals surface area contributed by atoms with Crippen molar-refractivity contribution in [1.29, 1.82) is 0 Å². The molecule has 0 N–H and O–H groups in total. The lowest BCUT2D eigenvalue weighted by Gasteiger charge is -2.21. The van der Waals surface area contributed by atoms with Crippen molar-refractivity contribution >= 4 is 32.4 Å². The Morgan fingerprint density at radius 1 is 1.10 bits per heavy atom. The van der Waals surface area contributed by atoms with Gasteiger partial charge in [-0.05, 0) is 49.4 Å². The third-order valence-electron chi connectivity index (χ3n) is 5.90. The molecule has 0 atom stereocenters. The summed E-state index contributed by atoms with van der Waals surface area (Å²) in [5, 5.41) is 3.78. The smallest absolute Gasteiger partial charge is 0.241 e. The van der Waals surface area contributed by atoms with Crippen molar-refractivity contribution in [3.63, 3.8) is 0 Å². The molecule has 0 saturated heterocycles. The molecule has 0 bridgehead atoms. The molecule has 30 heavy (non-hydrogen) atoms. The third-order valence-corrected chi connectivity index (χ3v) is 8.34. The average molecular weight is 438 g/mol. The Morgan fingerprint density at radius 2 is 1.87 bits per heavy atom. The van der Waals surface area contributed by atoms with E-state index in [1.807, 2.05) is 24.6 Å². The maximum atomic E-state index is 13.4. The lowest BCUT2D eigenvalue weighted by Crippen LogP contribution is -2.12. The predicted molar refractivity (Wildman–Crippen MR) is 120 cm³/mol. The highest BCUT2D eigenvalue weighted by Crippen LogP contribution is 2.37. The summed E-state index contributed by atoms with van der Waals surface area (Å²) in [6.45, 7) is 1.96. The van der Waals surface area contributed by atoms with Crippen LogP contribution in [0.4, 0.5) is 0 Å². The van der Waals surface area contributed by atoms with E-state index < -0.39 is 10.0 Å². The number of benzene rings is 1. The van der Waals surface area contributed by atoms with Crippen LogP contribution in [0.2, 0.25) is 0 Å². The zero-order valence-electron chi connectivity index (χ0n) is 16.8. The topological polar surface area (TPSA) is 64.8 Å². The molecule has 0 unspecified atom stereocenters. The second kappa shape index (κ2) is 7.63. The van der Waals surface area contributed by atoms with E-state index in [-0.39, 0.29) is 4.90 Å². The van der Waals surface area contributed by atoms with E-state index in [2.05, 4.69) is 16.0 Å². The van der Waals surface area contributed by atoms with Gasteiger partial charge in [0.2, 0.25) is 0 Å². The molecule has 3 aromatic heterocycles. The summed E-state index contributed by atoms with van der Waals surface area (Å²) in [6, 6.07) is 10.6. The third kappa shape index (κ3) is 3.36. The van der Waals surface area contributed by atoms with Gasteiger partial charge in [-0.25, -0.2) is 22.4 Å². The van der Waals surface area contributed by atoms with E-state index in [4.69, 9.17) is 0 Å².